The molecule has 0 radical (unpaired) electrons. The summed E-state index contributed by atoms with van der Waals surface area (Å²) in [7, 11) is 0. The van der Waals surface area contributed by atoms with Crippen LogP contribution < -0.4 is 5.06 Å². The monoisotopic (exact) mass is 326 g/mol. The molecule has 0 atom stereocenters. The van der Waals surface area contributed by atoms with Gasteiger partial charge in [-0.1, -0.05) is 23.7 Å². The highest BCUT2D eigenvalue weighted by atomic mass is 35.5. The second-order valence-corrected chi connectivity index (χ2v) is 6.77. The highest BCUT2D eigenvalue weighted by Gasteiger charge is 2.24. The molecule has 1 N–H and O–H groups in total. The second kappa shape index (κ2) is 6.08. The van der Waals surface area contributed by atoms with E-state index in [2.05, 4.69) is 18.2 Å². The lowest BCUT2D eigenvalue weighted by atomic mass is 9.89. The quantitative estimate of drug-likeness (QED) is 0.756. The minimum absolute atomic E-state index is 0.376. The zero-order chi connectivity index (χ0) is 15.8. The lowest BCUT2D eigenvalue weighted by Gasteiger charge is -2.29. The van der Waals surface area contributed by atoms with Crippen LogP contribution >= 0.6 is 11.6 Å². The summed E-state index contributed by atoms with van der Waals surface area (Å²) >= 11 is 6.22. The highest BCUT2D eigenvalue weighted by Crippen LogP contribution is 2.37. The Morgan fingerprint density at radius 1 is 1.00 bits per heavy atom. The maximum atomic E-state index is 11.6. The average molecular weight is 327 g/mol. The average Bonchev–Trinajstić information content (AvgIpc) is 2.72. The van der Waals surface area contributed by atoms with E-state index in [1.165, 1.54) is 27.8 Å². The molecule has 1 fully saturated rings. The number of hydrogen-bond acceptors (Lipinski definition) is 2. The Balaban J connectivity index is 1.94. The summed E-state index contributed by atoms with van der Waals surface area (Å²) < 4.78 is 0. The fourth-order valence-corrected chi connectivity index (χ4v) is 3.91. The van der Waals surface area contributed by atoms with Crippen LogP contribution in [0.4, 0.5) is 0 Å². The van der Waals surface area contributed by atoms with Crippen molar-refractivity contribution in [3.05, 3.63) is 74.7 Å². The first-order valence-corrected chi connectivity index (χ1v) is 8.57. The summed E-state index contributed by atoms with van der Waals surface area (Å²) in [6.45, 7) is 1.31. The van der Waals surface area contributed by atoms with Crippen LogP contribution in [-0.2, 0) is 12.8 Å². The molecule has 1 saturated heterocycles. The zero-order valence-corrected chi connectivity index (χ0v) is 13.7. The smallest absolute Gasteiger partial charge is 0.0806 e. The summed E-state index contributed by atoms with van der Waals surface area (Å²) in [5.74, 6) is 0. The van der Waals surface area contributed by atoms with E-state index in [1.54, 1.807) is 0 Å². The molecular weight excluding hydrogens is 308 g/mol. The van der Waals surface area contributed by atoms with E-state index < -0.39 is 0 Å². The van der Waals surface area contributed by atoms with Gasteiger partial charge in [0.25, 0.3) is 0 Å². The fraction of sp³-hybridized carbons (Fsp3) is 0.316. The van der Waals surface area contributed by atoms with Gasteiger partial charge >= 0.3 is 0 Å². The number of pyridine rings is 1. The number of halogens is 1. The molecule has 1 aromatic carbocycles. The molecular formula is C19H19ClN2O. The molecule has 2 aliphatic rings. The minimum atomic E-state index is 0.376. The van der Waals surface area contributed by atoms with E-state index in [4.69, 9.17) is 16.6 Å². The van der Waals surface area contributed by atoms with Crippen LogP contribution in [0.3, 0.4) is 0 Å². The number of piperidine rings is 1. The van der Waals surface area contributed by atoms with E-state index in [0.717, 1.165) is 36.4 Å². The van der Waals surface area contributed by atoms with Gasteiger partial charge in [0.15, 0.2) is 0 Å². The Hall–Kier alpha value is -1.68. The molecule has 0 amide bonds. The molecule has 0 bridgehead atoms. The van der Waals surface area contributed by atoms with Gasteiger partial charge in [0.2, 0.25) is 0 Å². The van der Waals surface area contributed by atoms with Crippen LogP contribution in [-0.4, -0.2) is 18.1 Å². The van der Waals surface area contributed by atoms with Gasteiger partial charge in [0.05, 0.1) is 18.8 Å². The maximum Gasteiger partial charge on any atom is 0.0806 e. The lowest BCUT2D eigenvalue weighted by molar-refractivity contribution is -0.851. The third-order valence-corrected chi connectivity index (χ3v) is 5.13. The van der Waals surface area contributed by atoms with Crippen LogP contribution in [0.2, 0.25) is 5.02 Å². The van der Waals surface area contributed by atoms with E-state index in [0.29, 0.717) is 18.2 Å². The van der Waals surface area contributed by atoms with Gasteiger partial charge < -0.3 is 10.3 Å². The molecule has 0 saturated carbocycles. The number of hydrogen-bond donors (Lipinski definition) is 1. The van der Waals surface area contributed by atoms with Gasteiger partial charge in [-0.15, -0.1) is 0 Å². The molecule has 118 valence electrons. The van der Waals surface area contributed by atoms with Crippen molar-refractivity contribution in [3.63, 3.8) is 0 Å². The summed E-state index contributed by atoms with van der Waals surface area (Å²) in [4.78, 5) is 4.70. The van der Waals surface area contributed by atoms with Crippen LogP contribution in [0, 0.1) is 5.21 Å². The number of fused-ring (bicyclic) bond motifs is 2. The second-order valence-electron chi connectivity index (χ2n) is 6.33. The van der Waals surface area contributed by atoms with Crippen molar-refractivity contribution in [3.8, 4) is 0 Å². The summed E-state index contributed by atoms with van der Waals surface area (Å²) in [5, 5.41) is 12.8. The van der Waals surface area contributed by atoms with Gasteiger partial charge in [-0.05, 0) is 53.3 Å². The van der Waals surface area contributed by atoms with Crippen molar-refractivity contribution in [1.29, 1.82) is 0 Å². The Morgan fingerprint density at radius 3 is 2.61 bits per heavy atom. The van der Waals surface area contributed by atoms with Crippen molar-refractivity contribution in [1.82, 2.24) is 4.98 Å². The molecule has 3 nitrogen and oxygen atoms in total. The predicted molar refractivity (Wildman–Crippen MR) is 92.4 cm³/mol. The van der Waals surface area contributed by atoms with Gasteiger partial charge in [0, 0.05) is 29.6 Å². The van der Waals surface area contributed by atoms with Crippen LogP contribution in [0.15, 0.2) is 42.1 Å². The topological polar surface area (TPSA) is 40.4 Å². The van der Waals surface area contributed by atoms with Gasteiger partial charge in [-0.3, -0.25) is 4.98 Å². The molecule has 1 aliphatic carbocycles. The van der Waals surface area contributed by atoms with Crippen molar-refractivity contribution < 1.29 is 5.06 Å². The SMILES string of the molecule is [O-][NH+]1CCC(=C2c3ccc(Cl)cc3CCc3cccnc32)CC1. The molecule has 4 rings (SSSR count). The molecule has 1 aromatic heterocycles. The summed E-state index contributed by atoms with van der Waals surface area (Å²) in [6.07, 6.45) is 5.53. The first-order chi connectivity index (χ1) is 11.2. The highest BCUT2D eigenvalue weighted by molar-refractivity contribution is 6.30. The van der Waals surface area contributed by atoms with Crippen molar-refractivity contribution in [2.24, 2.45) is 0 Å². The lowest BCUT2D eigenvalue weighted by Crippen LogP contribution is -3.08. The Bertz CT molecular complexity index is 775. The van der Waals surface area contributed by atoms with Gasteiger partial charge in [-0.2, -0.15) is 0 Å². The molecule has 2 aromatic rings. The Morgan fingerprint density at radius 2 is 1.78 bits per heavy atom. The van der Waals surface area contributed by atoms with Gasteiger partial charge in [0.1, 0.15) is 0 Å². The molecule has 2 heterocycles. The van der Waals surface area contributed by atoms with Crippen molar-refractivity contribution >= 4 is 17.2 Å². The van der Waals surface area contributed by atoms with Crippen LogP contribution in [0.25, 0.3) is 5.57 Å². The Labute approximate surface area is 141 Å². The Kier molecular flexibility index (Phi) is 3.93. The third-order valence-electron chi connectivity index (χ3n) is 4.89. The number of quaternary nitrogens is 1. The number of aromatic nitrogens is 1. The number of benzene rings is 1. The molecule has 1 aliphatic heterocycles. The zero-order valence-electron chi connectivity index (χ0n) is 12.9. The van der Waals surface area contributed by atoms with Crippen molar-refractivity contribution in [2.75, 3.05) is 13.1 Å². The maximum absolute atomic E-state index is 11.6. The standard InChI is InChI=1S/C19H19ClN2O/c20-16-5-6-17-15(12-16)4-3-14-2-1-9-21-19(14)18(17)13-7-10-22(23)11-8-13/h1-2,5-6,9,12,22H,3-4,7-8,10-11H2. The minimum Gasteiger partial charge on any atom is -0.634 e. The molecule has 23 heavy (non-hydrogen) atoms. The van der Waals surface area contributed by atoms with E-state index in [1.807, 2.05) is 18.3 Å². The predicted octanol–water partition coefficient (Wildman–Crippen LogP) is 2.81. The third kappa shape index (κ3) is 2.80. The van der Waals surface area contributed by atoms with E-state index >= 15 is 0 Å². The fourth-order valence-electron chi connectivity index (χ4n) is 3.71. The first kappa shape index (κ1) is 14.9. The van der Waals surface area contributed by atoms with Gasteiger partial charge in [-0.25, -0.2) is 0 Å². The van der Waals surface area contributed by atoms with E-state index in [9.17, 15) is 5.21 Å². The summed E-state index contributed by atoms with van der Waals surface area (Å²) in [6, 6.07) is 10.3. The molecule has 0 unspecified atom stereocenters. The van der Waals surface area contributed by atoms with Crippen LogP contribution in [0.5, 0.6) is 0 Å². The summed E-state index contributed by atoms with van der Waals surface area (Å²) in [5.41, 5.74) is 7.54. The molecule has 0 spiro atoms. The number of rotatable bonds is 0. The number of nitrogens with one attached hydrogen (secondary N) is 1. The van der Waals surface area contributed by atoms with E-state index in [-0.39, 0.29) is 0 Å². The largest absolute Gasteiger partial charge is 0.634 e. The number of hydroxylamine groups is 2. The number of aryl methyl sites for hydroxylation is 2. The molecule has 4 heteroatoms. The van der Waals surface area contributed by atoms with Crippen molar-refractivity contribution in [2.45, 2.75) is 25.7 Å². The van der Waals surface area contributed by atoms with Crippen LogP contribution in [0.1, 0.15) is 35.2 Å². The normalized spacial score (nSPS) is 20.7. The first-order valence-electron chi connectivity index (χ1n) is 8.19. The number of nitrogens with zero attached hydrogens (tertiary/aromatic N) is 1.